The fraction of sp³-hybridized carbons (Fsp3) is 0.864. The van der Waals surface area contributed by atoms with Gasteiger partial charge in [-0.25, -0.2) is 4.99 Å². The van der Waals surface area contributed by atoms with Gasteiger partial charge in [0, 0.05) is 45.2 Å². The fourth-order valence-corrected chi connectivity index (χ4v) is 4.83. The van der Waals surface area contributed by atoms with E-state index in [9.17, 15) is 9.59 Å². The van der Waals surface area contributed by atoms with Gasteiger partial charge in [0.2, 0.25) is 11.8 Å². The lowest BCUT2D eigenvalue weighted by Crippen LogP contribution is -2.51. The summed E-state index contributed by atoms with van der Waals surface area (Å²) in [5.74, 6) is 1.89. The Morgan fingerprint density at radius 1 is 1.00 bits per heavy atom. The van der Waals surface area contributed by atoms with Gasteiger partial charge < -0.3 is 20.4 Å². The minimum atomic E-state index is -0.00717. The standard InChI is InChI=1S/C22H39N5O2/c1-16-8-4-7-11-19(16)25-22(23-14-20(28)26(2)3)24-18-12-13-27(15-18)21(29)17-9-5-6-10-17/h16-19H,4-15H2,1-3H3,(H2,23,24,25). The predicted octanol–water partition coefficient (Wildman–Crippen LogP) is 1.98. The molecule has 29 heavy (non-hydrogen) atoms. The van der Waals surface area contributed by atoms with Gasteiger partial charge in [0.25, 0.3) is 0 Å². The van der Waals surface area contributed by atoms with Crippen molar-refractivity contribution < 1.29 is 9.59 Å². The number of hydrogen-bond donors (Lipinski definition) is 2. The Balaban J connectivity index is 1.59. The predicted molar refractivity (Wildman–Crippen MR) is 116 cm³/mol. The highest BCUT2D eigenvalue weighted by Gasteiger charge is 2.33. The summed E-state index contributed by atoms with van der Waals surface area (Å²) in [6.07, 6.45) is 10.3. The number of hydrogen-bond acceptors (Lipinski definition) is 3. The van der Waals surface area contributed by atoms with Gasteiger partial charge in [-0.1, -0.05) is 32.6 Å². The van der Waals surface area contributed by atoms with Crippen LogP contribution in [0.15, 0.2) is 4.99 Å². The average molecular weight is 406 g/mol. The van der Waals surface area contributed by atoms with Crippen molar-refractivity contribution in [1.29, 1.82) is 0 Å². The van der Waals surface area contributed by atoms with Gasteiger partial charge in [-0.3, -0.25) is 9.59 Å². The molecular weight excluding hydrogens is 366 g/mol. The molecule has 0 bridgehead atoms. The van der Waals surface area contributed by atoms with Crippen LogP contribution in [0.5, 0.6) is 0 Å². The molecule has 7 heteroatoms. The lowest BCUT2D eigenvalue weighted by atomic mass is 9.86. The maximum absolute atomic E-state index is 12.7. The number of likely N-dealkylation sites (tertiary alicyclic amines) is 1. The first-order valence-electron chi connectivity index (χ1n) is 11.5. The van der Waals surface area contributed by atoms with Crippen molar-refractivity contribution in [3.05, 3.63) is 0 Å². The van der Waals surface area contributed by atoms with Gasteiger partial charge in [-0.15, -0.1) is 0 Å². The monoisotopic (exact) mass is 405 g/mol. The normalized spacial score (nSPS) is 28.4. The van der Waals surface area contributed by atoms with Crippen molar-refractivity contribution in [2.45, 2.75) is 76.8 Å². The number of aliphatic imine (C=N–C) groups is 1. The lowest BCUT2D eigenvalue weighted by Gasteiger charge is -2.31. The Morgan fingerprint density at radius 3 is 2.38 bits per heavy atom. The number of amides is 2. The Morgan fingerprint density at radius 2 is 1.69 bits per heavy atom. The van der Waals surface area contributed by atoms with Crippen LogP contribution in [0.3, 0.4) is 0 Å². The quantitative estimate of drug-likeness (QED) is 0.542. The molecule has 3 atom stereocenters. The molecule has 7 nitrogen and oxygen atoms in total. The second kappa shape index (κ2) is 10.3. The molecular formula is C22H39N5O2. The van der Waals surface area contributed by atoms with Crippen molar-refractivity contribution in [2.75, 3.05) is 33.7 Å². The number of nitrogens with zero attached hydrogens (tertiary/aromatic N) is 3. The summed E-state index contributed by atoms with van der Waals surface area (Å²) in [6, 6.07) is 0.585. The van der Waals surface area contributed by atoms with E-state index in [1.807, 2.05) is 4.90 Å². The van der Waals surface area contributed by atoms with Crippen LogP contribution in [0.1, 0.15) is 64.7 Å². The third-order valence-electron chi connectivity index (χ3n) is 6.85. The third kappa shape index (κ3) is 6.09. The molecule has 3 aliphatic rings. The van der Waals surface area contributed by atoms with E-state index in [2.05, 4.69) is 22.5 Å². The molecule has 3 unspecified atom stereocenters. The molecule has 2 amide bonds. The molecule has 2 N–H and O–H groups in total. The number of carbonyl (C=O) groups excluding carboxylic acids is 2. The lowest BCUT2D eigenvalue weighted by molar-refractivity contribution is -0.134. The highest BCUT2D eigenvalue weighted by molar-refractivity contribution is 5.85. The number of rotatable bonds is 5. The minimum absolute atomic E-state index is 0.00717. The van der Waals surface area contributed by atoms with Crippen LogP contribution in [0.2, 0.25) is 0 Å². The molecule has 1 aliphatic heterocycles. The van der Waals surface area contributed by atoms with Crippen LogP contribution >= 0.6 is 0 Å². The van der Waals surface area contributed by atoms with Crippen LogP contribution in [-0.2, 0) is 9.59 Å². The van der Waals surface area contributed by atoms with Crippen LogP contribution in [-0.4, -0.2) is 73.4 Å². The molecule has 3 fully saturated rings. The van der Waals surface area contributed by atoms with E-state index in [1.54, 1.807) is 19.0 Å². The van der Waals surface area contributed by atoms with E-state index >= 15 is 0 Å². The Bertz CT molecular complexity index is 600. The molecule has 2 aliphatic carbocycles. The highest BCUT2D eigenvalue weighted by Crippen LogP contribution is 2.28. The fourth-order valence-electron chi connectivity index (χ4n) is 4.83. The Kier molecular flexibility index (Phi) is 7.78. The number of nitrogens with one attached hydrogen (secondary N) is 2. The van der Waals surface area contributed by atoms with Gasteiger partial charge in [0.1, 0.15) is 6.54 Å². The third-order valence-corrected chi connectivity index (χ3v) is 6.85. The largest absolute Gasteiger partial charge is 0.353 e. The van der Waals surface area contributed by atoms with E-state index in [0.29, 0.717) is 17.9 Å². The molecule has 0 aromatic heterocycles. The average Bonchev–Trinajstić information content (AvgIpc) is 3.39. The van der Waals surface area contributed by atoms with Crippen LogP contribution in [0.25, 0.3) is 0 Å². The smallest absolute Gasteiger partial charge is 0.243 e. The van der Waals surface area contributed by atoms with Crippen molar-refractivity contribution in [3.63, 3.8) is 0 Å². The minimum Gasteiger partial charge on any atom is -0.353 e. The summed E-state index contributed by atoms with van der Waals surface area (Å²) >= 11 is 0. The summed E-state index contributed by atoms with van der Waals surface area (Å²) in [5.41, 5.74) is 0. The van der Waals surface area contributed by atoms with Crippen molar-refractivity contribution >= 4 is 17.8 Å². The first-order valence-corrected chi connectivity index (χ1v) is 11.5. The van der Waals surface area contributed by atoms with Crippen LogP contribution in [0, 0.1) is 11.8 Å². The maximum atomic E-state index is 12.7. The Hall–Kier alpha value is -1.79. The number of guanidine groups is 1. The molecule has 1 saturated heterocycles. The maximum Gasteiger partial charge on any atom is 0.243 e. The van der Waals surface area contributed by atoms with Crippen molar-refractivity contribution in [3.8, 4) is 0 Å². The van der Waals surface area contributed by atoms with E-state index in [-0.39, 0.29) is 24.4 Å². The highest BCUT2D eigenvalue weighted by atomic mass is 16.2. The molecule has 1 heterocycles. The van der Waals surface area contributed by atoms with E-state index in [4.69, 9.17) is 0 Å². The summed E-state index contributed by atoms with van der Waals surface area (Å²) in [6.45, 7) is 3.98. The summed E-state index contributed by atoms with van der Waals surface area (Å²) < 4.78 is 0. The first kappa shape index (κ1) is 21.9. The molecule has 0 radical (unpaired) electrons. The van der Waals surface area contributed by atoms with Gasteiger partial charge in [0.05, 0.1) is 0 Å². The zero-order valence-corrected chi connectivity index (χ0v) is 18.5. The molecule has 0 spiro atoms. The number of likely N-dealkylation sites (N-methyl/N-ethyl adjacent to an activating group) is 1. The van der Waals surface area contributed by atoms with Crippen molar-refractivity contribution in [1.82, 2.24) is 20.4 Å². The second-order valence-corrected chi connectivity index (χ2v) is 9.36. The molecule has 164 valence electrons. The molecule has 2 saturated carbocycles. The van der Waals surface area contributed by atoms with Gasteiger partial charge in [0.15, 0.2) is 5.96 Å². The van der Waals surface area contributed by atoms with Gasteiger partial charge in [-0.2, -0.15) is 0 Å². The topological polar surface area (TPSA) is 77.0 Å². The van der Waals surface area contributed by atoms with Crippen LogP contribution in [0.4, 0.5) is 0 Å². The van der Waals surface area contributed by atoms with Gasteiger partial charge in [-0.05, 0) is 38.0 Å². The molecule has 3 rings (SSSR count). The summed E-state index contributed by atoms with van der Waals surface area (Å²) in [7, 11) is 3.51. The Labute approximate surface area is 175 Å². The first-order chi connectivity index (χ1) is 13.9. The zero-order chi connectivity index (χ0) is 20.8. The van der Waals surface area contributed by atoms with Crippen LogP contribution < -0.4 is 10.6 Å². The van der Waals surface area contributed by atoms with Crippen molar-refractivity contribution in [2.24, 2.45) is 16.8 Å². The second-order valence-electron chi connectivity index (χ2n) is 9.36. The molecule has 0 aromatic rings. The molecule has 0 aromatic carbocycles. The zero-order valence-electron chi connectivity index (χ0n) is 18.5. The van der Waals surface area contributed by atoms with E-state index < -0.39 is 0 Å². The SMILES string of the molecule is CC1CCCCC1NC(=NCC(=O)N(C)C)NC1CCN(C(=O)C2CCCC2)C1. The number of carbonyl (C=O) groups is 2. The summed E-state index contributed by atoms with van der Waals surface area (Å²) in [4.78, 5) is 33.0. The van der Waals surface area contributed by atoms with Gasteiger partial charge >= 0.3 is 0 Å². The van der Waals surface area contributed by atoms with E-state index in [0.717, 1.165) is 44.7 Å². The summed E-state index contributed by atoms with van der Waals surface area (Å²) in [5, 5.41) is 7.12. The van der Waals surface area contributed by atoms with E-state index in [1.165, 1.54) is 32.1 Å².